The van der Waals surface area contributed by atoms with Gasteiger partial charge in [0.05, 0.1) is 0 Å². The van der Waals surface area contributed by atoms with Gasteiger partial charge in [-0.25, -0.2) is 4.98 Å². The van der Waals surface area contributed by atoms with E-state index >= 15 is 0 Å². The lowest BCUT2D eigenvalue weighted by Gasteiger charge is -2.35. The molecule has 0 bridgehead atoms. The molecule has 2 heterocycles. The number of nitrogens with zero attached hydrogens (tertiary/aromatic N) is 3. The van der Waals surface area contributed by atoms with Gasteiger partial charge in [-0.2, -0.15) is 4.98 Å². The summed E-state index contributed by atoms with van der Waals surface area (Å²) in [6, 6.07) is 1.73. The number of likely N-dealkylation sites (N-methyl/N-ethyl adjacent to an activating group) is 1. The third kappa shape index (κ3) is 2.52. The Labute approximate surface area is 107 Å². The predicted molar refractivity (Wildman–Crippen MR) is 70.6 cm³/mol. The molecule has 0 radical (unpaired) electrons. The molecule has 1 aromatic heterocycles. The van der Waals surface area contributed by atoms with Gasteiger partial charge in [-0.3, -0.25) is 4.79 Å². The van der Waals surface area contributed by atoms with E-state index in [1.165, 1.54) is 0 Å². The van der Waals surface area contributed by atoms with Gasteiger partial charge in [-0.15, -0.1) is 0 Å². The molecule has 1 aliphatic heterocycles. The zero-order valence-electron chi connectivity index (χ0n) is 10.8. The zero-order valence-corrected chi connectivity index (χ0v) is 10.8. The molecule has 1 aliphatic rings. The van der Waals surface area contributed by atoms with Crippen LogP contribution in [0.2, 0.25) is 0 Å². The van der Waals surface area contributed by atoms with Crippen LogP contribution in [0.3, 0.4) is 0 Å². The molecule has 6 heteroatoms. The SMILES string of the molecule is CNC(=O)C1CCCCN1c1ccnc(NC)n1. The molecule has 1 amide bonds. The van der Waals surface area contributed by atoms with Crippen LogP contribution in [0, 0.1) is 0 Å². The van der Waals surface area contributed by atoms with Crippen LogP contribution in [0.15, 0.2) is 12.3 Å². The summed E-state index contributed by atoms with van der Waals surface area (Å²) < 4.78 is 0. The van der Waals surface area contributed by atoms with E-state index in [0.717, 1.165) is 31.6 Å². The fourth-order valence-electron chi connectivity index (χ4n) is 2.27. The summed E-state index contributed by atoms with van der Waals surface area (Å²) in [4.78, 5) is 22.5. The van der Waals surface area contributed by atoms with E-state index in [-0.39, 0.29) is 11.9 Å². The Kier molecular flexibility index (Phi) is 3.96. The Morgan fingerprint density at radius 3 is 3.00 bits per heavy atom. The number of hydrogen-bond acceptors (Lipinski definition) is 5. The monoisotopic (exact) mass is 249 g/mol. The zero-order chi connectivity index (χ0) is 13.0. The standard InChI is InChI=1S/C12H19N5O/c1-13-11(18)9-5-3-4-8-17(9)10-6-7-15-12(14-2)16-10/h6-7,9H,3-5,8H2,1-2H3,(H,13,18)(H,14,15,16). The number of carbonyl (C=O) groups excluding carboxylic acids is 1. The highest BCUT2D eigenvalue weighted by atomic mass is 16.2. The number of anilines is 2. The van der Waals surface area contributed by atoms with Gasteiger partial charge in [0.1, 0.15) is 11.9 Å². The molecular formula is C12H19N5O. The Bertz CT molecular complexity index is 423. The van der Waals surface area contributed by atoms with Crippen molar-refractivity contribution in [3.8, 4) is 0 Å². The third-order valence-electron chi connectivity index (χ3n) is 3.21. The largest absolute Gasteiger partial charge is 0.357 e. The van der Waals surface area contributed by atoms with Gasteiger partial charge in [0.15, 0.2) is 0 Å². The summed E-state index contributed by atoms with van der Waals surface area (Å²) in [5, 5.41) is 5.64. The molecule has 1 fully saturated rings. The maximum absolute atomic E-state index is 11.9. The normalized spacial score (nSPS) is 19.4. The second kappa shape index (κ2) is 5.66. The highest BCUT2D eigenvalue weighted by molar-refractivity contribution is 5.84. The van der Waals surface area contributed by atoms with Crippen molar-refractivity contribution in [2.24, 2.45) is 0 Å². The Hall–Kier alpha value is -1.85. The van der Waals surface area contributed by atoms with Crippen molar-refractivity contribution in [3.05, 3.63) is 12.3 Å². The van der Waals surface area contributed by atoms with Gasteiger partial charge < -0.3 is 15.5 Å². The lowest BCUT2D eigenvalue weighted by Crippen LogP contribution is -2.49. The van der Waals surface area contributed by atoms with E-state index < -0.39 is 0 Å². The number of amides is 1. The molecule has 1 unspecified atom stereocenters. The molecule has 0 saturated carbocycles. The maximum atomic E-state index is 11.9. The van der Waals surface area contributed by atoms with E-state index in [9.17, 15) is 4.79 Å². The Balaban J connectivity index is 2.24. The van der Waals surface area contributed by atoms with Crippen molar-refractivity contribution in [1.82, 2.24) is 15.3 Å². The molecule has 98 valence electrons. The van der Waals surface area contributed by atoms with Crippen LogP contribution in [0.5, 0.6) is 0 Å². The van der Waals surface area contributed by atoms with Crippen molar-refractivity contribution in [3.63, 3.8) is 0 Å². The fraction of sp³-hybridized carbons (Fsp3) is 0.583. The van der Waals surface area contributed by atoms with Crippen molar-refractivity contribution < 1.29 is 4.79 Å². The molecule has 6 nitrogen and oxygen atoms in total. The van der Waals surface area contributed by atoms with E-state index in [4.69, 9.17) is 0 Å². The first kappa shape index (κ1) is 12.6. The summed E-state index contributed by atoms with van der Waals surface area (Å²) in [6.45, 7) is 0.859. The molecule has 1 saturated heterocycles. The van der Waals surface area contributed by atoms with E-state index in [1.807, 2.05) is 6.07 Å². The van der Waals surface area contributed by atoms with Gasteiger partial charge >= 0.3 is 0 Å². The van der Waals surface area contributed by atoms with Crippen molar-refractivity contribution in [1.29, 1.82) is 0 Å². The van der Waals surface area contributed by atoms with Crippen LogP contribution >= 0.6 is 0 Å². The Morgan fingerprint density at radius 2 is 2.28 bits per heavy atom. The molecule has 0 aliphatic carbocycles. The first-order valence-electron chi connectivity index (χ1n) is 6.25. The first-order chi connectivity index (χ1) is 8.76. The molecule has 2 N–H and O–H groups in total. The molecule has 18 heavy (non-hydrogen) atoms. The van der Waals surface area contributed by atoms with Crippen LogP contribution in [0.4, 0.5) is 11.8 Å². The number of aromatic nitrogens is 2. The summed E-state index contributed by atoms with van der Waals surface area (Å²) in [7, 11) is 3.46. The molecular weight excluding hydrogens is 230 g/mol. The van der Waals surface area contributed by atoms with Gasteiger partial charge in [0.25, 0.3) is 0 Å². The second-order valence-electron chi connectivity index (χ2n) is 4.31. The number of hydrogen-bond donors (Lipinski definition) is 2. The van der Waals surface area contributed by atoms with E-state index in [0.29, 0.717) is 5.95 Å². The van der Waals surface area contributed by atoms with Crippen LogP contribution in [-0.2, 0) is 4.79 Å². The number of piperidine rings is 1. The van der Waals surface area contributed by atoms with E-state index in [1.54, 1.807) is 20.3 Å². The minimum Gasteiger partial charge on any atom is -0.357 e. The molecule has 1 aromatic rings. The van der Waals surface area contributed by atoms with Crippen LogP contribution in [-0.4, -0.2) is 42.6 Å². The van der Waals surface area contributed by atoms with Crippen molar-refractivity contribution in [2.75, 3.05) is 30.9 Å². The lowest BCUT2D eigenvalue weighted by molar-refractivity contribution is -0.122. The second-order valence-corrected chi connectivity index (χ2v) is 4.31. The third-order valence-corrected chi connectivity index (χ3v) is 3.21. The van der Waals surface area contributed by atoms with E-state index in [2.05, 4.69) is 25.5 Å². The average Bonchev–Trinajstić information content (AvgIpc) is 2.46. The minimum absolute atomic E-state index is 0.0549. The highest BCUT2D eigenvalue weighted by Gasteiger charge is 2.29. The summed E-state index contributed by atoms with van der Waals surface area (Å²) in [5.74, 6) is 1.44. The fourth-order valence-corrected chi connectivity index (χ4v) is 2.27. The summed E-state index contributed by atoms with van der Waals surface area (Å²) in [6.07, 6.45) is 4.76. The van der Waals surface area contributed by atoms with Gasteiger partial charge in [-0.1, -0.05) is 0 Å². The smallest absolute Gasteiger partial charge is 0.242 e. The molecule has 1 atom stereocenters. The minimum atomic E-state index is -0.122. The van der Waals surface area contributed by atoms with Gasteiger partial charge in [-0.05, 0) is 25.3 Å². The molecule has 0 spiro atoms. The van der Waals surface area contributed by atoms with Crippen molar-refractivity contribution >= 4 is 17.7 Å². The quantitative estimate of drug-likeness (QED) is 0.822. The Morgan fingerprint density at radius 1 is 1.44 bits per heavy atom. The average molecular weight is 249 g/mol. The maximum Gasteiger partial charge on any atom is 0.242 e. The summed E-state index contributed by atoms with van der Waals surface area (Å²) >= 11 is 0. The highest BCUT2D eigenvalue weighted by Crippen LogP contribution is 2.23. The lowest BCUT2D eigenvalue weighted by atomic mass is 10.0. The van der Waals surface area contributed by atoms with Gasteiger partial charge in [0.2, 0.25) is 11.9 Å². The number of rotatable bonds is 3. The topological polar surface area (TPSA) is 70.2 Å². The number of nitrogens with one attached hydrogen (secondary N) is 2. The van der Waals surface area contributed by atoms with Gasteiger partial charge in [0, 0.05) is 26.8 Å². The molecule has 0 aromatic carbocycles. The van der Waals surface area contributed by atoms with Crippen LogP contribution < -0.4 is 15.5 Å². The van der Waals surface area contributed by atoms with Crippen LogP contribution in [0.1, 0.15) is 19.3 Å². The molecule has 2 rings (SSSR count). The predicted octanol–water partition coefficient (Wildman–Crippen LogP) is 0.623. The number of carbonyl (C=O) groups is 1. The van der Waals surface area contributed by atoms with Crippen LogP contribution in [0.25, 0.3) is 0 Å². The summed E-state index contributed by atoms with van der Waals surface area (Å²) in [5.41, 5.74) is 0. The van der Waals surface area contributed by atoms with Crippen molar-refractivity contribution in [2.45, 2.75) is 25.3 Å². The first-order valence-corrected chi connectivity index (χ1v) is 6.25.